The smallest absolute Gasteiger partial charge is 0.257 e. The first kappa shape index (κ1) is 17.3. The zero-order chi connectivity index (χ0) is 19.0. The van der Waals surface area contributed by atoms with Crippen LogP contribution in [-0.2, 0) is 0 Å². The van der Waals surface area contributed by atoms with Gasteiger partial charge in [-0.15, -0.1) is 0 Å². The van der Waals surface area contributed by atoms with Crippen molar-refractivity contribution in [3.05, 3.63) is 53.6 Å². The van der Waals surface area contributed by atoms with E-state index in [4.69, 9.17) is 4.74 Å². The molecular weight excluding hydrogens is 349 g/mol. The maximum atomic E-state index is 13.8. The Balaban J connectivity index is 1.82. The average molecular weight is 369 g/mol. The van der Waals surface area contributed by atoms with Crippen LogP contribution in [0, 0.1) is 5.82 Å². The summed E-state index contributed by atoms with van der Waals surface area (Å²) in [5.41, 5.74) is 1.54. The van der Waals surface area contributed by atoms with Crippen LogP contribution in [0.15, 0.2) is 36.7 Å². The van der Waals surface area contributed by atoms with Crippen LogP contribution >= 0.6 is 0 Å². The lowest BCUT2D eigenvalue weighted by Gasteiger charge is -2.21. The van der Waals surface area contributed by atoms with Crippen molar-refractivity contribution in [2.24, 2.45) is 0 Å². The Labute approximate surface area is 155 Å². The molecule has 2 N–H and O–H groups in total. The van der Waals surface area contributed by atoms with E-state index in [9.17, 15) is 9.18 Å². The van der Waals surface area contributed by atoms with E-state index in [1.54, 1.807) is 22.8 Å². The highest BCUT2D eigenvalue weighted by molar-refractivity contribution is 5.99. The van der Waals surface area contributed by atoms with Crippen LogP contribution in [0.1, 0.15) is 42.2 Å². The van der Waals surface area contributed by atoms with Crippen molar-refractivity contribution in [1.82, 2.24) is 19.9 Å². The molecule has 2 atom stereocenters. The van der Waals surface area contributed by atoms with Gasteiger partial charge in [-0.1, -0.05) is 6.92 Å². The number of aromatic nitrogens is 3. The first-order valence-electron chi connectivity index (χ1n) is 8.89. The van der Waals surface area contributed by atoms with Crippen LogP contribution in [0.25, 0.3) is 5.65 Å². The summed E-state index contributed by atoms with van der Waals surface area (Å²) in [6.07, 6.45) is 3.92. The number of rotatable bonds is 1. The minimum atomic E-state index is -0.336. The Morgan fingerprint density at radius 3 is 3.00 bits per heavy atom. The number of hydrogen-bond acceptors (Lipinski definition) is 5. The summed E-state index contributed by atoms with van der Waals surface area (Å²) in [5, 5.41) is 10.4. The molecule has 27 heavy (non-hydrogen) atoms. The van der Waals surface area contributed by atoms with Crippen molar-refractivity contribution in [2.75, 3.05) is 11.9 Å². The lowest BCUT2D eigenvalue weighted by atomic mass is 10.1. The summed E-state index contributed by atoms with van der Waals surface area (Å²) in [7, 11) is 0. The van der Waals surface area contributed by atoms with Crippen LogP contribution in [0.2, 0.25) is 0 Å². The molecule has 2 aromatic heterocycles. The number of amides is 1. The molecule has 140 valence electrons. The molecule has 7 nitrogen and oxygen atoms in total. The molecule has 0 spiro atoms. The van der Waals surface area contributed by atoms with Crippen molar-refractivity contribution in [1.29, 1.82) is 0 Å². The number of fused-ring (bicyclic) bond motifs is 2. The summed E-state index contributed by atoms with van der Waals surface area (Å²) in [5.74, 6) is 0.548. The molecule has 0 saturated carbocycles. The monoisotopic (exact) mass is 369 g/mol. The Kier molecular flexibility index (Phi) is 4.39. The van der Waals surface area contributed by atoms with Gasteiger partial charge in [0.2, 0.25) is 0 Å². The number of benzene rings is 1. The molecule has 0 saturated heterocycles. The molecule has 1 aromatic carbocycles. The van der Waals surface area contributed by atoms with Crippen molar-refractivity contribution >= 4 is 17.4 Å². The molecule has 0 aliphatic carbocycles. The van der Waals surface area contributed by atoms with Gasteiger partial charge in [-0.05, 0) is 37.6 Å². The summed E-state index contributed by atoms with van der Waals surface area (Å²) in [4.78, 5) is 17.2. The molecule has 0 fully saturated rings. The number of anilines is 1. The quantitative estimate of drug-likeness (QED) is 0.689. The molecular formula is C19H20FN5O2. The highest BCUT2D eigenvalue weighted by atomic mass is 19.1. The summed E-state index contributed by atoms with van der Waals surface area (Å²) >= 11 is 0. The SMILES string of the molecule is CC[C@@H]1COc2ccc(F)cc2[C@@H](C)Nc2ccn3ncc(c3n2)C(=O)N1. The third-order valence-corrected chi connectivity index (χ3v) is 4.68. The predicted octanol–water partition coefficient (Wildman–Crippen LogP) is 2.94. The maximum Gasteiger partial charge on any atom is 0.257 e. The second-order valence-electron chi connectivity index (χ2n) is 6.58. The Bertz CT molecular complexity index is 1000. The van der Waals surface area contributed by atoms with Gasteiger partial charge in [-0.3, -0.25) is 4.79 Å². The van der Waals surface area contributed by atoms with E-state index >= 15 is 0 Å². The third kappa shape index (κ3) is 3.30. The minimum absolute atomic E-state index is 0.197. The number of nitrogens with zero attached hydrogens (tertiary/aromatic N) is 3. The lowest BCUT2D eigenvalue weighted by molar-refractivity contribution is 0.0921. The Morgan fingerprint density at radius 1 is 1.33 bits per heavy atom. The van der Waals surface area contributed by atoms with Crippen molar-refractivity contribution in [2.45, 2.75) is 32.4 Å². The second kappa shape index (κ2) is 6.86. The Morgan fingerprint density at radius 2 is 2.19 bits per heavy atom. The minimum Gasteiger partial charge on any atom is -0.491 e. The number of halogens is 1. The largest absolute Gasteiger partial charge is 0.491 e. The van der Waals surface area contributed by atoms with E-state index in [0.717, 1.165) is 0 Å². The fourth-order valence-corrected chi connectivity index (χ4v) is 3.11. The molecule has 0 unspecified atom stereocenters. The van der Waals surface area contributed by atoms with E-state index in [1.807, 2.05) is 13.8 Å². The first-order valence-corrected chi connectivity index (χ1v) is 8.89. The normalized spacial score (nSPS) is 19.9. The maximum absolute atomic E-state index is 13.8. The summed E-state index contributed by atoms with van der Waals surface area (Å²) < 4.78 is 21.3. The highest BCUT2D eigenvalue weighted by Crippen LogP contribution is 2.29. The van der Waals surface area contributed by atoms with Crippen molar-refractivity contribution in [3.8, 4) is 5.75 Å². The van der Waals surface area contributed by atoms with Gasteiger partial charge in [0.05, 0.1) is 18.3 Å². The fraction of sp³-hybridized carbons (Fsp3) is 0.316. The third-order valence-electron chi connectivity index (χ3n) is 4.68. The zero-order valence-corrected chi connectivity index (χ0v) is 15.1. The van der Waals surface area contributed by atoms with Crippen LogP contribution in [0.3, 0.4) is 0 Å². The van der Waals surface area contributed by atoms with Crippen LogP contribution in [-0.4, -0.2) is 33.2 Å². The number of ether oxygens (including phenoxy) is 1. The molecule has 0 radical (unpaired) electrons. The molecule has 8 heteroatoms. The van der Waals surface area contributed by atoms with Gasteiger partial charge in [-0.25, -0.2) is 13.9 Å². The van der Waals surface area contributed by atoms with E-state index in [0.29, 0.717) is 34.8 Å². The molecule has 3 aromatic rings. The number of carbonyl (C=O) groups is 1. The van der Waals surface area contributed by atoms with Crippen molar-refractivity contribution in [3.63, 3.8) is 0 Å². The van der Waals surface area contributed by atoms with Gasteiger partial charge in [0.1, 0.15) is 29.6 Å². The molecule has 1 aliphatic heterocycles. The zero-order valence-electron chi connectivity index (χ0n) is 15.1. The van der Waals surface area contributed by atoms with Gasteiger partial charge in [0.25, 0.3) is 5.91 Å². The lowest BCUT2D eigenvalue weighted by Crippen LogP contribution is -2.38. The predicted molar refractivity (Wildman–Crippen MR) is 98.5 cm³/mol. The van der Waals surface area contributed by atoms with Gasteiger partial charge in [0.15, 0.2) is 5.65 Å². The standard InChI is InChI=1S/C19H20FN5O2/c1-3-13-10-27-16-5-4-12(20)8-14(16)11(2)22-17-6-7-25-18(24-17)15(9-21-25)19(26)23-13/h4-9,11,13H,3,10H2,1-2H3,(H,22,24)(H,23,26)/t11-,13-/m1/s1. The van der Waals surface area contributed by atoms with Gasteiger partial charge in [0, 0.05) is 11.8 Å². The van der Waals surface area contributed by atoms with Gasteiger partial charge in [-0.2, -0.15) is 5.10 Å². The Hall–Kier alpha value is -3.16. The van der Waals surface area contributed by atoms with E-state index < -0.39 is 0 Å². The molecule has 1 amide bonds. The van der Waals surface area contributed by atoms with E-state index in [-0.39, 0.29) is 30.4 Å². The van der Waals surface area contributed by atoms with Gasteiger partial charge < -0.3 is 15.4 Å². The fourth-order valence-electron chi connectivity index (χ4n) is 3.11. The summed E-state index contributed by atoms with van der Waals surface area (Å²) in [6, 6.07) is 5.74. The number of hydrogen-bond donors (Lipinski definition) is 2. The van der Waals surface area contributed by atoms with Crippen LogP contribution in [0.4, 0.5) is 10.2 Å². The van der Waals surface area contributed by atoms with E-state index in [2.05, 4.69) is 20.7 Å². The molecule has 1 aliphatic rings. The van der Waals surface area contributed by atoms with Crippen LogP contribution in [0.5, 0.6) is 5.75 Å². The van der Waals surface area contributed by atoms with Gasteiger partial charge >= 0.3 is 0 Å². The summed E-state index contributed by atoms with van der Waals surface area (Å²) in [6.45, 7) is 4.16. The second-order valence-corrected chi connectivity index (χ2v) is 6.58. The molecule has 2 bridgehead atoms. The number of nitrogens with one attached hydrogen (secondary N) is 2. The number of carbonyl (C=O) groups excluding carboxylic acids is 1. The highest BCUT2D eigenvalue weighted by Gasteiger charge is 2.21. The van der Waals surface area contributed by atoms with E-state index in [1.165, 1.54) is 18.3 Å². The first-order chi connectivity index (χ1) is 13.0. The topological polar surface area (TPSA) is 80.6 Å². The molecule has 3 heterocycles. The van der Waals surface area contributed by atoms with Crippen LogP contribution < -0.4 is 15.4 Å². The van der Waals surface area contributed by atoms with Crippen molar-refractivity contribution < 1.29 is 13.9 Å². The molecule has 4 rings (SSSR count). The average Bonchev–Trinajstić information content (AvgIpc) is 3.08.